The average Bonchev–Trinajstić information content (AvgIpc) is 2.17. The molecule has 3 nitrogen and oxygen atoms in total. The number of carbonyl (C=O) groups is 1. The van der Waals surface area contributed by atoms with Crippen LogP contribution < -0.4 is 5.73 Å². The fraction of sp³-hybridized carbons (Fsp3) is 0.364. The van der Waals surface area contributed by atoms with Crippen LogP contribution >= 0.6 is 15.9 Å². The molecule has 2 unspecified atom stereocenters. The Hall–Kier alpha value is -0.870. The number of aryl methyl sites for hydroxylation is 1. The number of aliphatic carboxylic acids is 1. The van der Waals surface area contributed by atoms with Gasteiger partial charge >= 0.3 is 5.97 Å². The molecule has 3 N–H and O–H groups in total. The summed E-state index contributed by atoms with van der Waals surface area (Å²) in [5.41, 5.74) is 8.08. The molecule has 0 aliphatic heterocycles. The Labute approximate surface area is 96.4 Å². The van der Waals surface area contributed by atoms with Crippen molar-refractivity contribution >= 4 is 21.9 Å². The second kappa shape index (κ2) is 3.94. The lowest BCUT2D eigenvalue weighted by Gasteiger charge is -2.28. The zero-order chi connectivity index (χ0) is 11.0. The van der Waals surface area contributed by atoms with Crippen molar-refractivity contribution in [2.45, 2.75) is 18.9 Å². The van der Waals surface area contributed by atoms with Gasteiger partial charge in [-0.3, -0.25) is 4.79 Å². The van der Waals surface area contributed by atoms with Gasteiger partial charge in [-0.25, -0.2) is 0 Å². The van der Waals surface area contributed by atoms with Crippen molar-refractivity contribution in [3.8, 4) is 0 Å². The lowest BCUT2D eigenvalue weighted by Crippen LogP contribution is -2.32. The highest BCUT2D eigenvalue weighted by Gasteiger charge is 2.31. The first-order chi connectivity index (χ1) is 7.09. The summed E-state index contributed by atoms with van der Waals surface area (Å²) in [5.74, 6) is -1.24. The van der Waals surface area contributed by atoms with Gasteiger partial charge in [0.05, 0.1) is 5.92 Å². The maximum atomic E-state index is 11.0. The normalized spacial score (nSPS) is 24.7. The van der Waals surface area contributed by atoms with E-state index in [-0.39, 0.29) is 6.04 Å². The Balaban J connectivity index is 2.38. The molecule has 1 aromatic rings. The lowest BCUT2D eigenvalue weighted by molar-refractivity contribution is -0.143. The summed E-state index contributed by atoms with van der Waals surface area (Å²) in [4.78, 5) is 11.0. The van der Waals surface area contributed by atoms with Crippen LogP contribution in [0.4, 0.5) is 0 Å². The molecule has 80 valence electrons. The van der Waals surface area contributed by atoms with Crippen molar-refractivity contribution in [2.24, 2.45) is 11.7 Å². The highest BCUT2D eigenvalue weighted by atomic mass is 79.9. The van der Waals surface area contributed by atoms with Gasteiger partial charge < -0.3 is 10.8 Å². The minimum atomic E-state index is -0.795. The molecule has 1 aliphatic carbocycles. The predicted octanol–water partition coefficient (Wildman–Crippen LogP) is 2.10. The smallest absolute Gasteiger partial charge is 0.308 e. The third-order valence-electron chi connectivity index (χ3n) is 2.94. The first-order valence-corrected chi connectivity index (χ1v) is 5.65. The van der Waals surface area contributed by atoms with E-state index < -0.39 is 11.9 Å². The van der Waals surface area contributed by atoms with Crippen LogP contribution in [-0.4, -0.2) is 11.1 Å². The summed E-state index contributed by atoms with van der Waals surface area (Å²) < 4.78 is 1.02. The molecule has 0 aromatic heterocycles. The molecule has 0 radical (unpaired) electrons. The number of hydrogen-bond donors (Lipinski definition) is 2. The minimum Gasteiger partial charge on any atom is -0.481 e. The van der Waals surface area contributed by atoms with Crippen molar-refractivity contribution in [3.63, 3.8) is 0 Å². The fourth-order valence-electron chi connectivity index (χ4n) is 2.10. The predicted molar refractivity (Wildman–Crippen MR) is 60.5 cm³/mol. The van der Waals surface area contributed by atoms with Crippen molar-refractivity contribution in [3.05, 3.63) is 33.8 Å². The number of nitrogens with two attached hydrogens (primary N) is 1. The first-order valence-electron chi connectivity index (χ1n) is 4.86. The largest absolute Gasteiger partial charge is 0.481 e. The Morgan fingerprint density at radius 1 is 1.53 bits per heavy atom. The van der Waals surface area contributed by atoms with Crippen molar-refractivity contribution in [1.29, 1.82) is 0 Å². The molecule has 0 saturated carbocycles. The molecule has 0 amide bonds. The van der Waals surface area contributed by atoms with E-state index in [0.29, 0.717) is 6.42 Å². The number of carboxylic acid groups (broad SMARTS) is 1. The molecule has 0 bridgehead atoms. The van der Waals surface area contributed by atoms with E-state index in [9.17, 15) is 4.79 Å². The molecular formula is C11H12BrNO2. The van der Waals surface area contributed by atoms with E-state index in [2.05, 4.69) is 15.9 Å². The summed E-state index contributed by atoms with van der Waals surface area (Å²) >= 11 is 3.40. The van der Waals surface area contributed by atoms with E-state index in [1.165, 1.54) is 0 Å². The Bertz CT molecular complexity index is 406. The molecule has 2 rings (SSSR count). The molecular weight excluding hydrogens is 258 g/mol. The molecule has 0 spiro atoms. The summed E-state index contributed by atoms with van der Waals surface area (Å²) in [5, 5.41) is 9.00. The first kappa shape index (κ1) is 10.6. The number of rotatable bonds is 1. The highest BCUT2D eigenvalue weighted by Crippen LogP contribution is 2.34. The van der Waals surface area contributed by atoms with Gasteiger partial charge in [-0.1, -0.05) is 22.0 Å². The van der Waals surface area contributed by atoms with Gasteiger partial charge in [0.25, 0.3) is 0 Å². The standard InChI is InChI=1S/C11H12BrNO2/c12-7-2-4-8-6(5-7)1-3-9(10(8)13)11(14)15/h2,4-5,9-10H,1,3,13H2,(H,14,15). The van der Waals surface area contributed by atoms with Gasteiger partial charge in [-0.05, 0) is 36.1 Å². The number of fused-ring (bicyclic) bond motifs is 1. The second-order valence-electron chi connectivity index (χ2n) is 3.85. The Morgan fingerprint density at radius 2 is 2.27 bits per heavy atom. The maximum absolute atomic E-state index is 11.0. The molecule has 1 aromatic carbocycles. The highest BCUT2D eigenvalue weighted by molar-refractivity contribution is 9.10. The monoisotopic (exact) mass is 269 g/mol. The van der Waals surface area contributed by atoms with Crippen molar-refractivity contribution < 1.29 is 9.90 Å². The number of hydrogen-bond acceptors (Lipinski definition) is 2. The number of carboxylic acids is 1. The van der Waals surface area contributed by atoms with Gasteiger partial charge in [0.15, 0.2) is 0 Å². The van der Waals surface area contributed by atoms with Crippen LogP contribution in [0.3, 0.4) is 0 Å². The van der Waals surface area contributed by atoms with Gasteiger partial charge in [-0.2, -0.15) is 0 Å². The quantitative estimate of drug-likeness (QED) is 0.821. The maximum Gasteiger partial charge on any atom is 0.308 e. The van der Waals surface area contributed by atoms with Crippen LogP contribution in [0, 0.1) is 5.92 Å². The van der Waals surface area contributed by atoms with Gasteiger partial charge in [0, 0.05) is 10.5 Å². The van der Waals surface area contributed by atoms with Crippen LogP contribution in [0.15, 0.2) is 22.7 Å². The third kappa shape index (κ3) is 1.92. The summed E-state index contributed by atoms with van der Waals surface area (Å²) in [6.07, 6.45) is 1.42. The van der Waals surface area contributed by atoms with Crippen LogP contribution in [0.5, 0.6) is 0 Å². The zero-order valence-electron chi connectivity index (χ0n) is 8.11. The number of benzene rings is 1. The Kier molecular flexibility index (Phi) is 2.80. The van der Waals surface area contributed by atoms with Crippen LogP contribution in [0.2, 0.25) is 0 Å². The average molecular weight is 270 g/mol. The molecule has 0 saturated heterocycles. The van der Waals surface area contributed by atoms with E-state index in [1.54, 1.807) is 0 Å². The molecule has 4 heteroatoms. The molecule has 1 aliphatic rings. The van der Waals surface area contributed by atoms with E-state index in [0.717, 1.165) is 22.0 Å². The SMILES string of the molecule is NC1c2ccc(Br)cc2CCC1C(=O)O. The number of halogens is 1. The summed E-state index contributed by atoms with van der Waals surface area (Å²) in [6, 6.07) is 5.47. The Morgan fingerprint density at radius 3 is 2.93 bits per heavy atom. The van der Waals surface area contributed by atoms with Crippen LogP contribution in [0.25, 0.3) is 0 Å². The van der Waals surface area contributed by atoms with Crippen LogP contribution in [-0.2, 0) is 11.2 Å². The fourth-order valence-corrected chi connectivity index (χ4v) is 2.51. The van der Waals surface area contributed by atoms with E-state index in [4.69, 9.17) is 10.8 Å². The van der Waals surface area contributed by atoms with Crippen molar-refractivity contribution in [1.82, 2.24) is 0 Å². The van der Waals surface area contributed by atoms with Crippen LogP contribution in [0.1, 0.15) is 23.6 Å². The third-order valence-corrected chi connectivity index (χ3v) is 3.43. The molecule has 15 heavy (non-hydrogen) atoms. The molecule has 2 atom stereocenters. The van der Waals surface area contributed by atoms with Gasteiger partial charge in [-0.15, -0.1) is 0 Å². The zero-order valence-corrected chi connectivity index (χ0v) is 9.70. The topological polar surface area (TPSA) is 63.3 Å². The lowest BCUT2D eigenvalue weighted by atomic mass is 9.80. The van der Waals surface area contributed by atoms with Gasteiger partial charge in [0.2, 0.25) is 0 Å². The van der Waals surface area contributed by atoms with Crippen molar-refractivity contribution in [2.75, 3.05) is 0 Å². The molecule has 0 heterocycles. The minimum absolute atomic E-state index is 0.376. The summed E-state index contributed by atoms with van der Waals surface area (Å²) in [6.45, 7) is 0. The van der Waals surface area contributed by atoms with Gasteiger partial charge in [0.1, 0.15) is 0 Å². The second-order valence-corrected chi connectivity index (χ2v) is 4.77. The summed E-state index contributed by atoms with van der Waals surface area (Å²) in [7, 11) is 0. The molecule has 0 fully saturated rings. The van der Waals surface area contributed by atoms with E-state index >= 15 is 0 Å². The van der Waals surface area contributed by atoms with E-state index in [1.807, 2.05) is 18.2 Å².